The summed E-state index contributed by atoms with van der Waals surface area (Å²) in [6.45, 7) is 7.44. The number of nitrogens with one attached hydrogen (secondary N) is 1. The van der Waals surface area contributed by atoms with Crippen molar-refractivity contribution < 1.29 is 19.4 Å². The van der Waals surface area contributed by atoms with Crippen molar-refractivity contribution in [2.45, 2.75) is 45.8 Å². The van der Waals surface area contributed by atoms with Crippen molar-refractivity contribution in [2.24, 2.45) is 0 Å². The van der Waals surface area contributed by atoms with E-state index in [2.05, 4.69) is 5.32 Å². The molecular weight excluding hydrogens is 198 g/mol. The SMILES string of the molecule is CC(=O)C(C)(CO)NC(=O)OC(C)(C)C. The Hall–Kier alpha value is -1.10. The van der Waals surface area contributed by atoms with E-state index in [1.807, 2.05) is 0 Å². The Balaban J connectivity index is 4.45. The molecule has 5 heteroatoms. The molecule has 0 aromatic carbocycles. The summed E-state index contributed by atoms with van der Waals surface area (Å²) in [6, 6.07) is 0. The van der Waals surface area contributed by atoms with Crippen LogP contribution in [0.3, 0.4) is 0 Å². The molecule has 0 aliphatic heterocycles. The summed E-state index contributed by atoms with van der Waals surface area (Å²) in [5.41, 5.74) is -1.90. The summed E-state index contributed by atoms with van der Waals surface area (Å²) < 4.78 is 4.97. The number of amides is 1. The van der Waals surface area contributed by atoms with Crippen LogP contribution < -0.4 is 5.32 Å². The first-order chi connectivity index (χ1) is 6.60. The number of ketones is 1. The highest BCUT2D eigenvalue weighted by molar-refractivity contribution is 5.89. The molecule has 0 fully saturated rings. The summed E-state index contributed by atoms with van der Waals surface area (Å²) >= 11 is 0. The predicted molar refractivity (Wildman–Crippen MR) is 55.5 cm³/mol. The van der Waals surface area contributed by atoms with E-state index < -0.39 is 23.8 Å². The molecule has 0 aromatic heterocycles. The quantitative estimate of drug-likeness (QED) is 0.735. The average Bonchev–Trinajstić information content (AvgIpc) is 1.99. The minimum atomic E-state index is -1.28. The second-order valence-electron chi connectivity index (χ2n) is 4.67. The van der Waals surface area contributed by atoms with Crippen LogP contribution in [0.5, 0.6) is 0 Å². The van der Waals surface area contributed by atoms with Crippen LogP contribution in [0.25, 0.3) is 0 Å². The van der Waals surface area contributed by atoms with E-state index in [0.717, 1.165) is 0 Å². The molecule has 0 aliphatic carbocycles. The van der Waals surface area contributed by atoms with E-state index in [-0.39, 0.29) is 5.78 Å². The van der Waals surface area contributed by atoms with Gasteiger partial charge in [-0.2, -0.15) is 0 Å². The van der Waals surface area contributed by atoms with E-state index in [1.165, 1.54) is 13.8 Å². The van der Waals surface area contributed by atoms with Gasteiger partial charge in [0.15, 0.2) is 5.78 Å². The lowest BCUT2D eigenvalue weighted by Gasteiger charge is -2.28. The van der Waals surface area contributed by atoms with Gasteiger partial charge in [0.25, 0.3) is 0 Å². The number of rotatable bonds is 3. The molecule has 0 heterocycles. The van der Waals surface area contributed by atoms with Crippen molar-refractivity contribution in [1.82, 2.24) is 5.32 Å². The molecule has 1 amide bonds. The first kappa shape index (κ1) is 13.9. The van der Waals surface area contributed by atoms with Gasteiger partial charge in [-0.1, -0.05) is 0 Å². The number of hydrogen-bond acceptors (Lipinski definition) is 4. The maximum absolute atomic E-state index is 11.3. The van der Waals surface area contributed by atoms with Crippen LogP contribution in [0.2, 0.25) is 0 Å². The van der Waals surface area contributed by atoms with E-state index >= 15 is 0 Å². The highest BCUT2D eigenvalue weighted by atomic mass is 16.6. The van der Waals surface area contributed by atoms with Crippen molar-refractivity contribution >= 4 is 11.9 Å². The Morgan fingerprint density at radius 3 is 2.00 bits per heavy atom. The lowest BCUT2D eigenvalue weighted by Crippen LogP contribution is -2.55. The Labute approximate surface area is 89.8 Å². The molecule has 0 rings (SSSR count). The first-order valence-electron chi connectivity index (χ1n) is 4.74. The number of carbonyl (C=O) groups excluding carboxylic acids is 2. The van der Waals surface area contributed by atoms with Crippen molar-refractivity contribution in [2.75, 3.05) is 6.61 Å². The summed E-state index contributed by atoms with van der Waals surface area (Å²) in [5.74, 6) is -0.323. The Bertz CT molecular complexity index is 257. The van der Waals surface area contributed by atoms with Gasteiger partial charge in [0, 0.05) is 0 Å². The molecular formula is C10H19NO4. The molecule has 0 bridgehead atoms. The third-order valence-corrected chi connectivity index (χ3v) is 1.87. The molecule has 2 N–H and O–H groups in total. The zero-order chi connectivity index (χ0) is 12.3. The zero-order valence-electron chi connectivity index (χ0n) is 9.88. The van der Waals surface area contributed by atoms with Crippen LogP contribution in [0, 0.1) is 0 Å². The number of aliphatic hydroxyl groups is 1. The van der Waals surface area contributed by atoms with Gasteiger partial charge in [-0.25, -0.2) is 4.79 Å². The van der Waals surface area contributed by atoms with Gasteiger partial charge in [0.05, 0.1) is 6.61 Å². The van der Waals surface area contributed by atoms with Gasteiger partial charge < -0.3 is 15.2 Å². The van der Waals surface area contributed by atoms with Crippen molar-refractivity contribution in [1.29, 1.82) is 0 Å². The highest BCUT2D eigenvalue weighted by Gasteiger charge is 2.32. The second kappa shape index (κ2) is 4.61. The normalized spacial score (nSPS) is 15.3. The van der Waals surface area contributed by atoms with Crippen LogP contribution in [0.1, 0.15) is 34.6 Å². The van der Waals surface area contributed by atoms with Gasteiger partial charge in [-0.3, -0.25) is 4.79 Å². The fraction of sp³-hybridized carbons (Fsp3) is 0.800. The monoisotopic (exact) mass is 217 g/mol. The smallest absolute Gasteiger partial charge is 0.408 e. The Morgan fingerprint density at radius 1 is 1.27 bits per heavy atom. The van der Waals surface area contributed by atoms with Crippen LogP contribution in [-0.4, -0.2) is 34.7 Å². The van der Waals surface area contributed by atoms with Crippen molar-refractivity contribution in [3.05, 3.63) is 0 Å². The third-order valence-electron chi connectivity index (χ3n) is 1.87. The van der Waals surface area contributed by atoms with Gasteiger partial charge >= 0.3 is 6.09 Å². The maximum atomic E-state index is 11.3. The summed E-state index contributed by atoms with van der Waals surface area (Å²) in [5, 5.41) is 11.4. The van der Waals surface area contributed by atoms with Crippen LogP contribution >= 0.6 is 0 Å². The van der Waals surface area contributed by atoms with Gasteiger partial charge in [-0.05, 0) is 34.6 Å². The topological polar surface area (TPSA) is 75.6 Å². The van der Waals surface area contributed by atoms with Crippen molar-refractivity contribution in [3.63, 3.8) is 0 Å². The second-order valence-corrected chi connectivity index (χ2v) is 4.67. The zero-order valence-corrected chi connectivity index (χ0v) is 9.88. The summed E-state index contributed by atoms with van der Waals surface area (Å²) in [6.07, 6.45) is -0.714. The Kier molecular flexibility index (Phi) is 4.27. The molecule has 0 aromatic rings. The molecule has 0 radical (unpaired) electrons. The molecule has 0 spiro atoms. The number of Topliss-reactive ketones (excluding diaryl/α,β-unsaturated/α-hetero) is 1. The summed E-state index contributed by atoms with van der Waals surface area (Å²) in [7, 11) is 0. The minimum absolute atomic E-state index is 0.323. The Morgan fingerprint density at radius 2 is 1.73 bits per heavy atom. The van der Waals surface area contributed by atoms with E-state index in [1.54, 1.807) is 20.8 Å². The minimum Gasteiger partial charge on any atom is -0.444 e. The van der Waals surface area contributed by atoms with Crippen molar-refractivity contribution in [3.8, 4) is 0 Å². The molecule has 0 saturated heterocycles. The van der Waals surface area contributed by atoms with Crippen LogP contribution in [0.4, 0.5) is 4.79 Å². The number of alkyl carbamates (subject to hydrolysis) is 1. The summed E-state index contributed by atoms with van der Waals surface area (Å²) in [4.78, 5) is 22.5. The molecule has 0 aliphatic rings. The molecule has 1 atom stereocenters. The number of hydrogen-bond donors (Lipinski definition) is 2. The van der Waals surface area contributed by atoms with E-state index in [4.69, 9.17) is 9.84 Å². The largest absolute Gasteiger partial charge is 0.444 e. The number of ether oxygens (including phenoxy) is 1. The number of aliphatic hydroxyl groups excluding tert-OH is 1. The molecule has 0 saturated carbocycles. The molecule has 5 nitrogen and oxygen atoms in total. The fourth-order valence-corrected chi connectivity index (χ4v) is 0.768. The highest BCUT2D eigenvalue weighted by Crippen LogP contribution is 2.10. The average molecular weight is 217 g/mol. The molecule has 1 unspecified atom stereocenters. The lowest BCUT2D eigenvalue weighted by atomic mass is 9.99. The molecule has 15 heavy (non-hydrogen) atoms. The number of carbonyl (C=O) groups is 2. The van der Waals surface area contributed by atoms with Crippen LogP contribution in [-0.2, 0) is 9.53 Å². The van der Waals surface area contributed by atoms with Crippen LogP contribution in [0.15, 0.2) is 0 Å². The fourth-order valence-electron chi connectivity index (χ4n) is 0.768. The van der Waals surface area contributed by atoms with Gasteiger partial charge in [0.1, 0.15) is 11.1 Å². The third kappa shape index (κ3) is 4.78. The first-order valence-corrected chi connectivity index (χ1v) is 4.74. The lowest BCUT2D eigenvalue weighted by molar-refractivity contribution is -0.124. The standard InChI is InChI=1S/C10H19NO4/c1-7(13)10(5,6-12)11-8(14)15-9(2,3)4/h12H,6H2,1-5H3,(H,11,14). The molecule has 88 valence electrons. The van der Waals surface area contributed by atoms with Gasteiger partial charge in [-0.15, -0.1) is 0 Å². The van der Waals surface area contributed by atoms with Gasteiger partial charge in [0.2, 0.25) is 0 Å². The predicted octanol–water partition coefficient (Wildman–Crippen LogP) is 0.851. The van der Waals surface area contributed by atoms with E-state index in [0.29, 0.717) is 0 Å². The maximum Gasteiger partial charge on any atom is 0.408 e. The van der Waals surface area contributed by atoms with E-state index in [9.17, 15) is 9.59 Å².